The lowest BCUT2D eigenvalue weighted by Crippen LogP contribution is -2.35. The minimum Gasteiger partial charge on any atom is -0.383 e. The summed E-state index contributed by atoms with van der Waals surface area (Å²) in [7, 11) is 3.73. The van der Waals surface area contributed by atoms with Gasteiger partial charge in [-0.2, -0.15) is 5.17 Å². The van der Waals surface area contributed by atoms with E-state index in [4.69, 9.17) is 9.72 Å². The molecule has 1 aliphatic rings. The molecule has 1 aromatic carbocycles. The second-order valence-electron chi connectivity index (χ2n) is 8.03. The van der Waals surface area contributed by atoms with Gasteiger partial charge in [-0.15, -0.1) is 17.9 Å². The maximum absolute atomic E-state index is 10.6. The Bertz CT molecular complexity index is 805. The molecule has 0 aliphatic heterocycles. The van der Waals surface area contributed by atoms with E-state index in [9.17, 15) is 5.21 Å². The smallest absolute Gasteiger partial charge is 0.0962 e. The zero-order valence-corrected chi connectivity index (χ0v) is 21.0. The van der Waals surface area contributed by atoms with Gasteiger partial charge in [0, 0.05) is 50.6 Å². The number of ether oxygens (including phenoxy) is 1. The number of anilines is 2. The molecule has 0 atom stereocenters. The third-order valence-corrected chi connectivity index (χ3v) is 6.81. The van der Waals surface area contributed by atoms with Gasteiger partial charge in [-0.25, -0.2) is 10.4 Å². The summed E-state index contributed by atoms with van der Waals surface area (Å²) in [5.74, 6) is 0.592. The molecule has 32 heavy (non-hydrogen) atoms. The van der Waals surface area contributed by atoms with E-state index in [1.165, 1.54) is 37.1 Å². The maximum atomic E-state index is 10.6. The molecule has 178 valence electrons. The average Bonchev–Trinajstić information content (AvgIpc) is 3.33. The molecule has 1 heterocycles. The topological polar surface area (TPSA) is 60.9 Å². The predicted molar refractivity (Wildman–Crippen MR) is 137 cm³/mol. The first kappa shape index (κ1) is 26.3. The Balaban J connectivity index is 0.000000837. The molecule has 1 fully saturated rings. The van der Waals surface area contributed by atoms with E-state index in [1.807, 2.05) is 32.3 Å². The molecule has 1 saturated carbocycles. The molecular weight excluding hydrogens is 420 g/mol. The zero-order chi connectivity index (χ0) is 23.3. The molecule has 6 nitrogen and oxygen atoms in total. The molecule has 3 rings (SSSR count). The number of nitrogens with one attached hydrogen (secondary N) is 1. The number of likely N-dealkylation sites (N-methyl/N-ethyl adjacent to an activating group) is 1. The van der Waals surface area contributed by atoms with Gasteiger partial charge in [-0.05, 0) is 37.5 Å². The van der Waals surface area contributed by atoms with Crippen molar-refractivity contribution in [1.29, 1.82) is 0 Å². The molecule has 1 aromatic heterocycles. The predicted octanol–water partition coefficient (Wildman–Crippen LogP) is 6.24. The molecular formula is C25H40N4O2S. The van der Waals surface area contributed by atoms with Crippen molar-refractivity contribution < 1.29 is 9.94 Å². The van der Waals surface area contributed by atoms with Crippen molar-refractivity contribution in [3.05, 3.63) is 42.1 Å². The SMILES string of the molecule is C=CCC.CCNN(O)c1cc(N(C)CCOC)ccc1-c1cnc(C2CCCCC2)s1. The van der Waals surface area contributed by atoms with Gasteiger partial charge in [0.15, 0.2) is 0 Å². The number of allylic oxidation sites excluding steroid dienone is 1. The van der Waals surface area contributed by atoms with Crippen LogP contribution in [0.5, 0.6) is 0 Å². The summed E-state index contributed by atoms with van der Waals surface area (Å²) in [5, 5.41) is 12.9. The number of aromatic nitrogens is 1. The highest BCUT2D eigenvalue weighted by molar-refractivity contribution is 7.15. The average molecular weight is 461 g/mol. The Kier molecular flexibility index (Phi) is 11.7. The van der Waals surface area contributed by atoms with Crippen molar-refractivity contribution in [2.45, 2.75) is 58.3 Å². The lowest BCUT2D eigenvalue weighted by molar-refractivity contribution is 0.206. The van der Waals surface area contributed by atoms with Crippen LogP contribution in [0.25, 0.3) is 10.4 Å². The van der Waals surface area contributed by atoms with Gasteiger partial charge in [0.1, 0.15) is 0 Å². The number of rotatable bonds is 10. The Morgan fingerprint density at radius 2 is 2.00 bits per heavy atom. The van der Waals surface area contributed by atoms with E-state index in [0.717, 1.165) is 40.0 Å². The first-order valence-electron chi connectivity index (χ1n) is 11.7. The Morgan fingerprint density at radius 3 is 2.62 bits per heavy atom. The van der Waals surface area contributed by atoms with Crippen molar-refractivity contribution >= 4 is 22.7 Å². The van der Waals surface area contributed by atoms with Crippen molar-refractivity contribution in [2.75, 3.05) is 43.9 Å². The molecule has 7 heteroatoms. The van der Waals surface area contributed by atoms with Crippen LogP contribution in [0.4, 0.5) is 11.4 Å². The number of hydrogen-bond donors (Lipinski definition) is 2. The van der Waals surface area contributed by atoms with Crippen LogP contribution in [-0.4, -0.2) is 44.0 Å². The van der Waals surface area contributed by atoms with Gasteiger partial charge in [-0.1, -0.05) is 39.2 Å². The quantitative estimate of drug-likeness (QED) is 0.323. The number of methoxy groups -OCH3 is 1. The molecule has 1 aliphatic carbocycles. The summed E-state index contributed by atoms with van der Waals surface area (Å²) in [6.45, 7) is 9.58. The lowest BCUT2D eigenvalue weighted by atomic mass is 9.90. The molecule has 0 unspecified atom stereocenters. The van der Waals surface area contributed by atoms with E-state index in [-0.39, 0.29) is 0 Å². The van der Waals surface area contributed by atoms with Crippen molar-refractivity contribution in [3.8, 4) is 10.4 Å². The number of benzene rings is 1. The standard InChI is InChI=1S/C21H32N4O2S.C4H8/c1-4-23-25(26)19-14-17(24(2)12-13-27-3)10-11-18(19)20-15-22-21(28-20)16-8-6-5-7-9-16;1-3-4-2/h10-11,14-16,23,26H,4-9,12-13H2,1-3H3;3H,1,4H2,2H3. The third kappa shape index (κ3) is 7.59. The van der Waals surface area contributed by atoms with Crippen LogP contribution in [0.1, 0.15) is 63.3 Å². The van der Waals surface area contributed by atoms with E-state index < -0.39 is 0 Å². The fraction of sp³-hybridized carbons (Fsp3) is 0.560. The van der Waals surface area contributed by atoms with Crippen LogP contribution in [0, 0.1) is 0 Å². The van der Waals surface area contributed by atoms with E-state index >= 15 is 0 Å². The Morgan fingerprint density at radius 1 is 1.28 bits per heavy atom. The number of nitrogens with zero attached hydrogens (tertiary/aromatic N) is 3. The minimum atomic E-state index is 0.592. The van der Waals surface area contributed by atoms with E-state index in [1.54, 1.807) is 18.4 Å². The molecule has 0 bridgehead atoms. The van der Waals surface area contributed by atoms with Gasteiger partial charge < -0.3 is 9.64 Å². The molecule has 0 saturated heterocycles. The molecule has 2 N–H and O–H groups in total. The highest BCUT2D eigenvalue weighted by atomic mass is 32.1. The zero-order valence-electron chi connectivity index (χ0n) is 20.1. The fourth-order valence-corrected chi connectivity index (χ4v) is 4.80. The second-order valence-corrected chi connectivity index (χ2v) is 9.10. The molecule has 0 spiro atoms. The summed E-state index contributed by atoms with van der Waals surface area (Å²) in [6.07, 6.45) is 11.4. The van der Waals surface area contributed by atoms with Crippen LogP contribution in [0.3, 0.4) is 0 Å². The van der Waals surface area contributed by atoms with Gasteiger partial charge in [0.2, 0.25) is 0 Å². The van der Waals surface area contributed by atoms with Gasteiger partial charge in [0.05, 0.1) is 22.2 Å². The lowest BCUT2D eigenvalue weighted by Gasteiger charge is -2.24. The summed E-state index contributed by atoms with van der Waals surface area (Å²) in [5.41, 5.74) is 5.74. The molecule has 2 aromatic rings. The van der Waals surface area contributed by atoms with Gasteiger partial charge in [-0.3, -0.25) is 5.21 Å². The highest BCUT2D eigenvalue weighted by Gasteiger charge is 2.21. The maximum Gasteiger partial charge on any atom is 0.0962 e. The summed E-state index contributed by atoms with van der Waals surface area (Å²) in [6, 6.07) is 6.18. The van der Waals surface area contributed by atoms with Crippen LogP contribution < -0.4 is 15.5 Å². The molecule has 0 radical (unpaired) electrons. The van der Waals surface area contributed by atoms with Crippen LogP contribution in [0.2, 0.25) is 0 Å². The summed E-state index contributed by atoms with van der Waals surface area (Å²) >= 11 is 1.76. The molecule has 0 amide bonds. The third-order valence-electron chi connectivity index (χ3n) is 5.62. The second kappa shape index (κ2) is 14.3. The van der Waals surface area contributed by atoms with Crippen molar-refractivity contribution in [3.63, 3.8) is 0 Å². The number of thiazole rings is 1. The van der Waals surface area contributed by atoms with Gasteiger partial charge >= 0.3 is 0 Å². The van der Waals surface area contributed by atoms with Crippen molar-refractivity contribution in [2.24, 2.45) is 0 Å². The largest absolute Gasteiger partial charge is 0.383 e. The monoisotopic (exact) mass is 460 g/mol. The summed E-state index contributed by atoms with van der Waals surface area (Å²) < 4.78 is 5.18. The minimum absolute atomic E-state index is 0.592. The van der Waals surface area contributed by atoms with Crippen LogP contribution in [-0.2, 0) is 4.74 Å². The number of hydrogen-bond acceptors (Lipinski definition) is 7. The Hall–Kier alpha value is -1.93. The first-order valence-corrected chi connectivity index (χ1v) is 12.5. The first-order chi connectivity index (χ1) is 15.5. The normalized spacial score (nSPS) is 13.9. The Labute approximate surface area is 197 Å². The fourth-order valence-electron chi connectivity index (χ4n) is 3.68. The van der Waals surface area contributed by atoms with Gasteiger partial charge in [0.25, 0.3) is 0 Å². The van der Waals surface area contributed by atoms with Crippen LogP contribution >= 0.6 is 11.3 Å². The highest BCUT2D eigenvalue weighted by Crippen LogP contribution is 2.40. The summed E-state index contributed by atoms with van der Waals surface area (Å²) in [4.78, 5) is 7.95. The number of hydrazine groups is 1. The van der Waals surface area contributed by atoms with Crippen LogP contribution in [0.15, 0.2) is 37.1 Å². The van der Waals surface area contributed by atoms with Crippen molar-refractivity contribution in [1.82, 2.24) is 10.4 Å². The van der Waals surface area contributed by atoms with E-state index in [0.29, 0.717) is 19.1 Å². The van der Waals surface area contributed by atoms with E-state index in [2.05, 4.69) is 36.0 Å².